The molecule has 128 valence electrons. The van der Waals surface area contributed by atoms with E-state index < -0.39 is 0 Å². The summed E-state index contributed by atoms with van der Waals surface area (Å²) in [4.78, 5) is 0. The third-order valence-corrected chi connectivity index (χ3v) is 4.37. The Hall–Kier alpha value is -3.72. The maximum atomic E-state index is 9.68. The first-order chi connectivity index (χ1) is 12.7. The van der Waals surface area contributed by atoms with Crippen LogP contribution in [-0.2, 0) is 0 Å². The molecule has 1 aliphatic rings. The van der Waals surface area contributed by atoms with E-state index in [1.165, 1.54) is 0 Å². The van der Waals surface area contributed by atoms with Gasteiger partial charge < -0.3 is 14.9 Å². The molecule has 4 rings (SSSR count). The van der Waals surface area contributed by atoms with Crippen LogP contribution in [0.4, 0.5) is 0 Å². The Bertz CT molecular complexity index is 1040. The van der Waals surface area contributed by atoms with E-state index in [0.717, 1.165) is 22.4 Å². The molecule has 26 heavy (non-hydrogen) atoms. The van der Waals surface area contributed by atoms with Crippen LogP contribution in [0.2, 0.25) is 0 Å². The molecule has 1 aliphatic heterocycles. The molecule has 6 heteroatoms. The second-order valence-electron chi connectivity index (χ2n) is 6.01. The second kappa shape index (κ2) is 6.30. The molecule has 0 radical (unpaired) electrons. The molecule has 0 amide bonds. The first-order valence-electron chi connectivity index (χ1n) is 8.12. The first-order valence-corrected chi connectivity index (χ1v) is 8.12. The number of H-pyrrole nitrogens is 1. The zero-order valence-electron chi connectivity index (χ0n) is 14.1. The van der Waals surface area contributed by atoms with Crippen molar-refractivity contribution in [3.63, 3.8) is 0 Å². The SMILES string of the molecule is CC(=Cc1ccco1)C1C(C#N)=C(N)Oc2n[nH]c(-c3ccccc3)c21. The Labute approximate surface area is 150 Å². The van der Waals surface area contributed by atoms with Gasteiger partial charge in [0.05, 0.1) is 23.4 Å². The van der Waals surface area contributed by atoms with Crippen molar-refractivity contribution in [2.45, 2.75) is 12.8 Å². The highest BCUT2D eigenvalue weighted by Gasteiger charge is 2.35. The van der Waals surface area contributed by atoms with Crippen molar-refractivity contribution < 1.29 is 9.15 Å². The molecule has 3 N–H and O–H groups in total. The fraction of sp³-hybridized carbons (Fsp3) is 0.100. The maximum absolute atomic E-state index is 9.68. The molecule has 3 heterocycles. The summed E-state index contributed by atoms with van der Waals surface area (Å²) >= 11 is 0. The predicted molar refractivity (Wildman–Crippen MR) is 96.6 cm³/mol. The smallest absolute Gasteiger partial charge is 0.244 e. The lowest BCUT2D eigenvalue weighted by atomic mass is 9.83. The van der Waals surface area contributed by atoms with Crippen LogP contribution in [0.15, 0.2) is 70.2 Å². The zero-order chi connectivity index (χ0) is 18.1. The minimum absolute atomic E-state index is 0.0725. The van der Waals surface area contributed by atoms with Gasteiger partial charge in [0, 0.05) is 0 Å². The number of nitrogens with one attached hydrogen (secondary N) is 1. The van der Waals surface area contributed by atoms with Gasteiger partial charge in [-0.15, -0.1) is 5.10 Å². The normalized spacial score (nSPS) is 16.8. The van der Waals surface area contributed by atoms with Crippen LogP contribution in [0.5, 0.6) is 5.88 Å². The summed E-state index contributed by atoms with van der Waals surface area (Å²) in [5.41, 5.74) is 9.80. The van der Waals surface area contributed by atoms with Crippen molar-refractivity contribution in [1.82, 2.24) is 10.2 Å². The molecule has 0 bridgehead atoms. The quantitative estimate of drug-likeness (QED) is 0.749. The lowest BCUT2D eigenvalue weighted by Crippen LogP contribution is -2.20. The number of benzene rings is 1. The number of nitrogens with two attached hydrogens (primary N) is 1. The summed E-state index contributed by atoms with van der Waals surface area (Å²) in [6, 6.07) is 15.7. The Morgan fingerprint density at radius 3 is 2.77 bits per heavy atom. The van der Waals surface area contributed by atoms with Crippen molar-refractivity contribution in [2.75, 3.05) is 0 Å². The molecular formula is C20H16N4O2. The lowest BCUT2D eigenvalue weighted by Gasteiger charge is -2.24. The molecule has 0 saturated carbocycles. The lowest BCUT2D eigenvalue weighted by molar-refractivity contribution is 0.378. The average molecular weight is 344 g/mol. The van der Waals surface area contributed by atoms with E-state index in [1.807, 2.05) is 55.5 Å². The van der Waals surface area contributed by atoms with E-state index in [4.69, 9.17) is 14.9 Å². The highest BCUT2D eigenvalue weighted by Crippen LogP contribution is 2.45. The van der Waals surface area contributed by atoms with E-state index in [-0.39, 0.29) is 11.8 Å². The highest BCUT2D eigenvalue weighted by molar-refractivity contribution is 5.71. The van der Waals surface area contributed by atoms with Gasteiger partial charge in [-0.2, -0.15) is 5.26 Å². The minimum Gasteiger partial charge on any atom is -0.465 e. The van der Waals surface area contributed by atoms with Gasteiger partial charge in [-0.1, -0.05) is 35.9 Å². The molecular weight excluding hydrogens is 328 g/mol. The molecule has 1 unspecified atom stereocenters. The largest absolute Gasteiger partial charge is 0.465 e. The third-order valence-electron chi connectivity index (χ3n) is 4.37. The van der Waals surface area contributed by atoms with E-state index in [2.05, 4.69) is 16.3 Å². The second-order valence-corrected chi connectivity index (χ2v) is 6.01. The molecule has 3 aromatic rings. The van der Waals surface area contributed by atoms with Crippen molar-refractivity contribution in [2.24, 2.45) is 5.73 Å². The predicted octanol–water partition coefficient (Wildman–Crippen LogP) is 3.94. The Morgan fingerprint density at radius 2 is 2.08 bits per heavy atom. The molecule has 0 saturated heterocycles. The van der Waals surface area contributed by atoms with Crippen LogP contribution in [0.1, 0.15) is 24.2 Å². The summed E-state index contributed by atoms with van der Waals surface area (Å²) in [6.07, 6.45) is 3.50. The molecule has 0 fully saturated rings. The van der Waals surface area contributed by atoms with E-state index in [0.29, 0.717) is 17.2 Å². The minimum atomic E-state index is -0.372. The van der Waals surface area contributed by atoms with Crippen molar-refractivity contribution in [1.29, 1.82) is 5.26 Å². The number of rotatable bonds is 3. The van der Waals surface area contributed by atoms with Crippen LogP contribution in [0.25, 0.3) is 17.3 Å². The van der Waals surface area contributed by atoms with Gasteiger partial charge in [0.1, 0.15) is 17.4 Å². The van der Waals surface area contributed by atoms with Crippen molar-refractivity contribution >= 4 is 6.08 Å². The van der Waals surface area contributed by atoms with Crippen molar-refractivity contribution in [3.8, 4) is 23.2 Å². The molecule has 0 aliphatic carbocycles. The number of nitrogens with zero attached hydrogens (tertiary/aromatic N) is 2. The maximum Gasteiger partial charge on any atom is 0.244 e. The van der Waals surface area contributed by atoms with Gasteiger partial charge in [0.15, 0.2) is 0 Å². The van der Waals surface area contributed by atoms with Crippen LogP contribution >= 0.6 is 0 Å². The van der Waals surface area contributed by atoms with Crippen LogP contribution < -0.4 is 10.5 Å². The highest BCUT2D eigenvalue weighted by atomic mass is 16.5. The van der Waals surface area contributed by atoms with Gasteiger partial charge in [-0.25, -0.2) is 0 Å². The summed E-state index contributed by atoms with van der Waals surface area (Å²) in [7, 11) is 0. The van der Waals surface area contributed by atoms with Gasteiger partial charge in [-0.05, 0) is 30.7 Å². The average Bonchev–Trinajstić information content (AvgIpc) is 3.30. The van der Waals surface area contributed by atoms with Gasteiger partial charge in [0.2, 0.25) is 11.8 Å². The number of hydrogen-bond donors (Lipinski definition) is 2. The van der Waals surface area contributed by atoms with E-state index >= 15 is 0 Å². The Balaban J connectivity index is 1.90. The van der Waals surface area contributed by atoms with E-state index in [1.54, 1.807) is 6.26 Å². The number of ether oxygens (including phenoxy) is 1. The monoisotopic (exact) mass is 344 g/mol. The van der Waals surface area contributed by atoms with E-state index in [9.17, 15) is 5.26 Å². The number of nitriles is 1. The van der Waals surface area contributed by atoms with Gasteiger partial charge >= 0.3 is 0 Å². The van der Waals surface area contributed by atoms with Crippen molar-refractivity contribution in [3.05, 3.63) is 77.1 Å². The third kappa shape index (κ3) is 2.56. The molecule has 6 nitrogen and oxygen atoms in total. The van der Waals surface area contributed by atoms with Gasteiger partial charge in [0.25, 0.3) is 0 Å². The Kier molecular flexibility index (Phi) is 3.82. The fourth-order valence-electron chi connectivity index (χ4n) is 3.21. The molecule has 1 atom stereocenters. The molecule has 1 aromatic carbocycles. The number of aromatic nitrogens is 2. The van der Waals surface area contributed by atoms with Crippen LogP contribution in [0, 0.1) is 11.3 Å². The summed E-state index contributed by atoms with van der Waals surface area (Å²) in [5, 5.41) is 17.0. The summed E-state index contributed by atoms with van der Waals surface area (Å²) < 4.78 is 11.0. The molecule has 0 spiro atoms. The van der Waals surface area contributed by atoms with Crippen LogP contribution in [-0.4, -0.2) is 10.2 Å². The first kappa shape index (κ1) is 15.8. The number of aromatic amines is 1. The molecule has 2 aromatic heterocycles. The number of fused-ring (bicyclic) bond motifs is 1. The topological polar surface area (TPSA) is 101 Å². The summed E-state index contributed by atoms with van der Waals surface area (Å²) in [6.45, 7) is 1.94. The fourth-order valence-corrected chi connectivity index (χ4v) is 3.21. The standard InChI is InChI=1S/C20H16N4O2/c1-12(10-14-8-5-9-25-14)16-15(11-21)19(22)26-20-17(16)18(23-24-20)13-6-3-2-4-7-13/h2-10,16H,22H2,1H3,(H,23,24). The van der Waals surface area contributed by atoms with Crippen LogP contribution in [0.3, 0.4) is 0 Å². The number of allylic oxidation sites excluding steroid dienone is 2. The zero-order valence-corrected chi connectivity index (χ0v) is 14.1. The number of furan rings is 1. The van der Waals surface area contributed by atoms with Gasteiger partial charge in [-0.3, -0.25) is 5.10 Å². The number of hydrogen-bond acceptors (Lipinski definition) is 5. The summed E-state index contributed by atoms with van der Waals surface area (Å²) in [5.74, 6) is 0.791. The Morgan fingerprint density at radius 1 is 1.27 bits per heavy atom.